The van der Waals surface area contributed by atoms with E-state index in [0.717, 1.165) is 6.26 Å². The van der Waals surface area contributed by atoms with Crippen LogP contribution in [-0.4, -0.2) is 5.26 Å². The molecule has 0 saturated heterocycles. The summed E-state index contributed by atoms with van der Waals surface area (Å²) in [6.45, 7) is 3.07. The Hall–Kier alpha value is -0.700. The fourth-order valence-corrected chi connectivity index (χ4v) is 0.0789. The lowest BCUT2D eigenvalue weighted by Gasteiger charge is -1.93. The number of hydrogen-bond donors (Lipinski definition) is 1. The van der Waals surface area contributed by atoms with Gasteiger partial charge in [-0.3, -0.25) is 0 Å². The Morgan fingerprint density at radius 3 is 2.33 bits per heavy atom. The van der Waals surface area contributed by atoms with Crippen LogP contribution in [0.5, 0.6) is 0 Å². The van der Waals surface area contributed by atoms with Crippen LogP contribution in [-0.2, 0) is 30.1 Å². The zero-order chi connectivity index (χ0) is 6.95. The molecule has 0 aromatic carbocycles. The lowest BCUT2D eigenvalue weighted by Crippen LogP contribution is -1.95. The zero-order valence-corrected chi connectivity index (χ0v) is 4.18. The molecule has 0 aliphatic carbocycles. The second kappa shape index (κ2) is 7.30. The Kier molecular flexibility index (Phi) is 6.73. The minimum absolute atomic E-state index is 0.920. The minimum atomic E-state index is 0.920. The summed E-state index contributed by atoms with van der Waals surface area (Å²) in [6, 6.07) is 0. The molecule has 0 heterocycles. The Balaban J connectivity index is 2.66. The molecule has 7 heteroatoms. The number of hydrogen-bond acceptors (Lipinski definition) is 7. The van der Waals surface area contributed by atoms with Crippen LogP contribution >= 0.6 is 0 Å². The van der Waals surface area contributed by atoms with Crippen molar-refractivity contribution in [1.82, 2.24) is 0 Å². The summed E-state index contributed by atoms with van der Waals surface area (Å²) in [5, 5.41) is 24.1. The van der Waals surface area contributed by atoms with Crippen molar-refractivity contribution in [2.24, 2.45) is 0 Å². The van der Waals surface area contributed by atoms with Crippen LogP contribution in [0.4, 0.5) is 0 Å². The average Bonchev–Trinajstić information content (AvgIpc) is 1.89. The van der Waals surface area contributed by atoms with Crippen LogP contribution in [0.3, 0.4) is 0 Å². The molecule has 0 fully saturated rings. The molecule has 0 rings (SSSR count). The number of rotatable bonds is 6. The van der Waals surface area contributed by atoms with Crippen molar-refractivity contribution in [2.45, 2.75) is 0 Å². The van der Waals surface area contributed by atoms with E-state index in [1.165, 1.54) is 0 Å². The second-order valence-corrected chi connectivity index (χ2v) is 0.610. The molecule has 0 unspecified atom stereocenters. The van der Waals surface area contributed by atoms with E-state index >= 15 is 0 Å². The normalized spacial score (nSPS) is 9.00. The van der Waals surface area contributed by atoms with Crippen LogP contribution in [0.1, 0.15) is 0 Å². The van der Waals surface area contributed by atoms with E-state index in [-0.39, 0.29) is 0 Å². The van der Waals surface area contributed by atoms with E-state index in [0.29, 0.717) is 0 Å². The van der Waals surface area contributed by atoms with Gasteiger partial charge >= 0.3 is 0 Å². The third-order valence-electron chi connectivity index (χ3n) is 0.221. The van der Waals surface area contributed by atoms with E-state index in [1.807, 2.05) is 0 Å². The van der Waals surface area contributed by atoms with Crippen LogP contribution in [0, 0.1) is 0 Å². The fraction of sp³-hybridized carbons (Fsp3) is 0. The standard InChI is InChI=1S/C2H4O7/c1-2-4-6-8-9-7-5-3/h2-3H,1H2. The summed E-state index contributed by atoms with van der Waals surface area (Å²) in [5.74, 6) is 0. The third kappa shape index (κ3) is 7.30. The first kappa shape index (κ1) is 8.30. The Labute approximate surface area is 49.5 Å². The summed E-state index contributed by atoms with van der Waals surface area (Å²) in [7, 11) is 0. The van der Waals surface area contributed by atoms with Gasteiger partial charge < -0.3 is 4.89 Å². The van der Waals surface area contributed by atoms with Crippen molar-refractivity contribution in [1.29, 1.82) is 0 Å². The molecule has 0 aromatic heterocycles. The third-order valence-corrected chi connectivity index (χ3v) is 0.221. The molecule has 0 radical (unpaired) electrons. The molecule has 1 N–H and O–H groups in total. The van der Waals surface area contributed by atoms with Crippen LogP contribution < -0.4 is 0 Å². The minimum Gasteiger partial charge on any atom is -0.315 e. The van der Waals surface area contributed by atoms with Crippen LogP contribution in [0.2, 0.25) is 0 Å². The molecule has 9 heavy (non-hydrogen) atoms. The molecule has 0 aliphatic rings. The molecule has 7 nitrogen and oxygen atoms in total. The van der Waals surface area contributed by atoms with Gasteiger partial charge in [0.2, 0.25) is 0 Å². The zero-order valence-electron chi connectivity index (χ0n) is 4.18. The van der Waals surface area contributed by atoms with E-state index in [9.17, 15) is 0 Å². The van der Waals surface area contributed by atoms with Gasteiger partial charge in [0.15, 0.2) is 0 Å². The van der Waals surface area contributed by atoms with Gasteiger partial charge in [0.05, 0.1) is 0 Å². The highest BCUT2D eigenvalue weighted by molar-refractivity contribution is 4.41. The Morgan fingerprint density at radius 1 is 1.11 bits per heavy atom. The molecule has 0 aromatic rings. The summed E-state index contributed by atoms with van der Waals surface area (Å²) in [4.78, 5) is 3.88. The van der Waals surface area contributed by atoms with Crippen molar-refractivity contribution in [3.05, 3.63) is 12.8 Å². The average molecular weight is 140 g/mol. The molecular weight excluding hydrogens is 136 g/mol. The maximum Gasteiger partial charge on any atom is 0.125 e. The van der Waals surface area contributed by atoms with Gasteiger partial charge in [-0.1, -0.05) is 6.58 Å². The lowest BCUT2D eigenvalue weighted by molar-refractivity contribution is -0.783. The van der Waals surface area contributed by atoms with Crippen molar-refractivity contribution in [2.75, 3.05) is 0 Å². The Bertz CT molecular complexity index is 61.9. The highest BCUT2D eigenvalue weighted by Gasteiger charge is 1.87. The van der Waals surface area contributed by atoms with E-state index < -0.39 is 0 Å². The first-order valence-corrected chi connectivity index (χ1v) is 1.66. The summed E-state index contributed by atoms with van der Waals surface area (Å²) in [5.41, 5.74) is 0. The summed E-state index contributed by atoms with van der Waals surface area (Å²) >= 11 is 0. The molecule has 0 bridgehead atoms. The van der Waals surface area contributed by atoms with Gasteiger partial charge in [-0.15, -0.1) is 0 Å². The van der Waals surface area contributed by atoms with Gasteiger partial charge in [-0.25, -0.2) is 5.26 Å². The predicted octanol–water partition coefficient (Wildman–Crippen LogP) is 0.277. The Morgan fingerprint density at radius 2 is 1.78 bits per heavy atom. The largest absolute Gasteiger partial charge is 0.315 e. The summed E-state index contributed by atoms with van der Waals surface area (Å²) < 4.78 is 0. The quantitative estimate of drug-likeness (QED) is 0.245. The van der Waals surface area contributed by atoms with E-state index in [4.69, 9.17) is 5.26 Å². The topological polar surface area (TPSA) is 75.6 Å². The molecule has 0 aliphatic heterocycles. The van der Waals surface area contributed by atoms with Crippen LogP contribution in [0.25, 0.3) is 0 Å². The van der Waals surface area contributed by atoms with Crippen molar-refractivity contribution >= 4 is 0 Å². The molecule has 54 valence electrons. The highest BCUT2D eigenvalue weighted by atomic mass is 17.9. The molecule has 0 saturated carbocycles. The van der Waals surface area contributed by atoms with Gasteiger partial charge in [-0.05, 0) is 10.1 Å². The molecule has 0 spiro atoms. The van der Waals surface area contributed by atoms with Gasteiger partial charge in [0, 0.05) is 15.1 Å². The van der Waals surface area contributed by atoms with Gasteiger partial charge in [0.1, 0.15) is 6.26 Å². The lowest BCUT2D eigenvalue weighted by atomic mass is 11.2. The van der Waals surface area contributed by atoms with Crippen molar-refractivity contribution in [3.8, 4) is 0 Å². The highest BCUT2D eigenvalue weighted by Crippen LogP contribution is 1.83. The summed E-state index contributed by atoms with van der Waals surface area (Å²) in [6.07, 6.45) is 0.920. The monoisotopic (exact) mass is 140 g/mol. The maximum atomic E-state index is 7.38. The van der Waals surface area contributed by atoms with Crippen LogP contribution in [0.15, 0.2) is 12.8 Å². The van der Waals surface area contributed by atoms with E-state index in [1.54, 1.807) is 0 Å². The van der Waals surface area contributed by atoms with E-state index in [2.05, 4.69) is 36.7 Å². The smallest absolute Gasteiger partial charge is 0.125 e. The maximum absolute atomic E-state index is 7.38. The predicted molar refractivity (Wildman–Crippen MR) is 19.3 cm³/mol. The van der Waals surface area contributed by atoms with Crippen molar-refractivity contribution < 1.29 is 35.3 Å². The second-order valence-electron chi connectivity index (χ2n) is 0.610. The fourth-order valence-electron chi connectivity index (χ4n) is 0.0789. The van der Waals surface area contributed by atoms with Gasteiger partial charge in [0.25, 0.3) is 0 Å². The SMILES string of the molecule is C=COOOOOOO. The molecular formula is C2H4O7. The molecule has 0 amide bonds. The molecule has 0 atom stereocenters. The van der Waals surface area contributed by atoms with Gasteiger partial charge in [-0.2, -0.15) is 0 Å². The first-order chi connectivity index (χ1) is 4.41. The first-order valence-electron chi connectivity index (χ1n) is 1.66. The van der Waals surface area contributed by atoms with Crippen molar-refractivity contribution in [3.63, 3.8) is 0 Å².